The molecule has 0 fully saturated rings. The summed E-state index contributed by atoms with van der Waals surface area (Å²) >= 11 is 1.93. The standard InChI is InChI=1S/C44H30N2SSi/c1-3-17-33(18-4-1)48(34-19-5-2-6-20-34,42-28-14-23-37-36-22-8-12-27-41(36)47-44(37)42)35-21-13-16-32(30-35)45-39-25-10-11-26-40(39)46-38-24-9-7-15-31(38)29-43(45)46/h1-30H. The lowest BCUT2D eigenvalue weighted by Gasteiger charge is -2.35. The number of aromatic nitrogens is 2. The highest BCUT2D eigenvalue weighted by Crippen LogP contribution is 2.34. The molecule has 0 radical (unpaired) electrons. The zero-order valence-electron chi connectivity index (χ0n) is 26.1. The van der Waals surface area contributed by atoms with E-state index in [2.05, 4.69) is 191 Å². The number of hydrogen-bond acceptors (Lipinski definition) is 1. The number of fused-ring (bicyclic) bond motifs is 8. The van der Waals surface area contributed by atoms with E-state index >= 15 is 0 Å². The predicted octanol–water partition coefficient (Wildman–Crippen LogP) is 8.78. The minimum Gasteiger partial charge on any atom is -0.294 e. The Morgan fingerprint density at radius 2 is 1.04 bits per heavy atom. The van der Waals surface area contributed by atoms with Gasteiger partial charge in [0.15, 0.2) is 8.07 Å². The Balaban J connectivity index is 1.34. The lowest BCUT2D eigenvalue weighted by atomic mass is 10.1. The maximum Gasteiger partial charge on any atom is 0.181 e. The highest BCUT2D eigenvalue weighted by Gasteiger charge is 2.43. The molecule has 0 atom stereocenters. The normalized spacial score (nSPS) is 12.2. The number of rotatable bonds is 5. The van der Waals surface area contributed by atoms with Crippen molar-refractivity contribution >= 4 is 87.9 Å². The highest BCUT2D eigenvalue weighted by molar-refractivity contribution is 7.30. The largest absolute Gasteiger partial charge is 0.294 e. The molecule has 226 valence electrons. The molecule has 48 heavy (non-hydrogen) atoms. The molecule has 10 rings (SSSR count). The van der Waals surface area contributed by atoms with Crippen molar-refractivity contribution in [1.29, 1.82) is 0 Å². The average molecular weight is 647 g/mol. The summed E-state index contributed by atoms with van der Waals surface area (Å²) < 4.78 is 7.58. The Hall–Kier alpha value is -5.68. The third kappa shape index (κ3) is 3.84. The number of thiophene rings is 1. The summed E-state index contributed by atoms with van der Waals surface area (Å²) in [5.74, 6) is 0. The van der Waals surface area contributed by atoms with Gasteiger partial charge in [0, 0.05) is 31.2 Å². The lowest BCUT2D eigenvalue weighted by molar-refractivity contribution is 1.15. The fourth-order valence-corrected chi connectivity index (χ4v) is 14.6. The van der Waals surface area contributed by atoms with Gasteiger partial charge in [-0.25, -0.2) is 0 Å². The van der Waals surface area contributed by atoms with Crippen LogP contribution in [-0.2, 0) is 0 Å². The Kier molecular flexibility index (Phi) is 6.10. The van der Waals surface area contributed by atoms with E-state index in [1.807, 2.05) is 11.3 Å². The minimum absolute atomic E-state index is 1.17. The minimum atomic E-state index is -2.85. The van der Waals surface area contributed by atoms with Crippen molar-refractivity contribution in [3.63, 3.8) is 0 Å². The molecule has 0 saturated carbocycles. The SMILES string of the molecule is c1ccc([Si](c2ccccc2)(c2cccc(-n3c4ccccc4n4c5ccccc5cc34)c2)c2cccc3c2sc2ccccc23)cc1. The van der Waals surface area contributed by atoms with Crippen LogP contribution in [0.2, 0.25) is 0 Å². The summed E-state index contributed by atoms with van der Waals surface area (Å²) in [7, 11) is -2.85. The molecule has 4 heteroatoms. The molecular formula is C44H30N2SSi. The third-order valence-electron chi connectivity index (χ3n) is 10.0. The van der Waals surface area contributed by atoms with Gasteiger partial charge in [0.1, 0.15) is 5.65 Å². The zero-order valence-corrected chi connectivity index (χ0v) is 27.9. The molecule has 0 aliphatic carbocycles. The van der Waals surface area contributed by atoms with Gasteiger partial charge in [0.2, 0.25) is 0 Å². The van der Waals surface area contributed by atoms with Gasteiger partial charge in [-0.3, -0.25) is 8.97 Å². The van der Waals surface area contributed by atoms with Crippen LogP contribution in [0.5, 0.6) is 0 Å². The second kappa shape index (κ2) is 10.7. The first-order valence-electron chi connectivity index (χ1n) is 16.4. The molecule has 0 spiro atoms. The Morgan fingerprint density at radius 3 is 1.83 bits per heavy atom. The van der Waals surface area contributed by atoms with Crippen molar-refractivity contribution in [2.24, 2.45) is 0 Å². The number of hydrogen-bond donors (Lipinski definition) is 0. The van der Waals surface area contributed by atoms with Gasteiger partial charge in [0.05, 0.1) is 16.6 Å². The molecule has 3 aromatic heterocycles. The van der Waals surface area contributed by atoms with Gasteiger partial charge >= 0.3 is 0 Å². The van der Waals surface area contributed by atoms with E-state index in [0.717, 1.165) is 0 Å². The molecule has 7 aromatic carbocycles. The van der Waals surface area contributed by atoms with E-state index in [4.69, 9.17) is 0 Å². The molecule has 0 amide bonds. The summed E-state index contributed by atoms with van der Waals surface area (Å²) in [6.45, 7) is 0. The smallest absolute Gasteiger partial charge is 0.181 e. The van der Waals surface area contributed by atoms with Gasteiger partial charge in [0.25, 0.3) is 0 Å². The van der Waals surface area contributed by atoms with Gasteiger partial charge in [-0.05, 0) is 63.2 Å². The highest BCUT2D eigenvalue weighted by atomic mass is 32.1. The van der Waals surface area contributed by atoms with Crippen LogP contribution in [0.3, 0.4) is 0 Å². The zero-order chi connectivity index (χ0) is 31.7. The maximum atomic E-state index is 2.49. The van der Waals surface area contributed by atoms with Crippen molar-refractivity contribution < 1.29 is 0 Å². The fraction of sp³-hybridized carbons (Fsp3) is 0. The average Bonchev–Trinajstić information content (AvgIpc) is 3.82. The van der Waals surface area contributed by atoms with Crippen LogP contribution in [0.4, 0.5) is 0 Å². The summed E-state index contributed by atoms with van der Waals surface area (Å²) in [6, 6.07) is 67.7. The number of benzene rings is 7. The van der Waals surface area contributed by atoms with Crippen LogP contribution in [0.1, 0.15) is 0 Å². The fourth-order valence-electron chi connectivity index (χ4n) is 8.06. The van der Waals surface area contributed by atoms with Crippen LogP contribution < -0.4 is 20.7 Å². The number of nitrogens with zero attached hydrogens (tertiary/aromatic N) is 2. The second-order valence-electron chi connectivity index (χ2n) is 12.5. The second-order valence-corrected chi connectivity index (χ2v) is 17.4. The Bertz CT molecular complexity index is 2750. The van der Waals surface area contributed by atoms with Gasteiger partial charge in [-0.1, -0.05) is 140 Å². The van der Waals surface area contributed by atoms with Gasteiger partial charge in [-0.2, -0.15) is 0 Å². The van der Waals surface area contributed by atoms with E-state index < -0.39 is 8.07 Å². The predicted molar refractivity (Wildman–Crippen MR) is 208 cm³/mol. The topological polar surface area (TPSA) is 9.34 Å². The summed E-state index contributed by atoms with van der Waals surface area (Å²) in [4.78, 5) is 0. The Labute approximate surface area is 283 Å². The molecule has 0 aliphatic rings. The van der Waals surface area contributed by atoms with E-state index in [-0.39, 0.29) is 0 Å². The van der Waals surface area contributed by atoms with E-state index in [9.17, 15) is 0 Å². The van der Waals surface area contributed by atoms with Crippen molar-refractivity contribution in [3.8, 4) is 5.69 Å². The van der Waals surface area contributed by atoms with E-state index in [1.54, 1.807) is 0 Å². The maximum absolute atomic E-state index is 2.85. The third-order valence-corrected chi connectivity index (χ3v) is 16.2. The molecule has 0 unspecified atom stereocenters. The summed E-state index contributed by atoms with van der Waals surface area (Å²) in [6.07, 6.45) is 0. The van der Waals surface area contributed by atoms with Crippen LogP contribution in [-0.4, -0.2) is 17.0 Å². The molecule has 0 N–H and O–H groups in total. The Morgan fingerprint density at radius 1 is 0.438 bits per heavy atom. The van der Waals surface area contributed by atoms with Crippen LogP contribution >= 0.6 is 11.3 Å². The van der Waals surface area contributed by atoms with Gasteiger partial charge < -0.3 is 0 Å². The summed E-state index contributed by atoms with van der Waals surface area (Å²) in [5.41, 5.74) is 5.99. The van der Waals surface area contributed by atoms with Crippen LogP contribution in [0.25, 0.3) is 53.4 Å². The van der Waals surface area contributed by atoms with Crippen molar-refractivity contribution in [1.82, 2.24) is 8.97 Å². The van der Waals surface area contributed by atoms with E-state index in [0.29, 0.717) is 0 Å². The molecule has 0 saturated heterocycles. The van der Waals surface area contributed by atoms with Crippen LogP contribution in [0, 0.1) is 0 Å². The quantitative estimate of drug-likeness (QED) is 0.131. The lowest BCUT2D eigenvalue weighted by Crippen LogP contribution is -2.74. The van der Waals surface area contributed by atoms with Crippen molar-refractivity contribution in [2.45, 2.75) is 0 Å². The molecule has 0 aliphatic heterocycles. The molecule has 0 bridgehead atoms. The van der Waals surface area contributed by atoms with Crippen molar-refractivity contribution in [2.75, 3.05) is 0 Å². The first kappa shape index (κ1) is 27.4. The summed E-state index contributed by atoms with van der Waals surface area (Å²) in [5, 5.41) is 9.49. The monoisotopic (exact) mass is 646 g/mol. The van der Waals surface area contributed by atoms with Gasteiger partial charge in [-0.15, -0.1) is 11.3 Å². The molecule has 3 heterocycles. The van der Waals surface area contributed by atoms with Crippen molar-refractivity contribution in [3.05, 3.63) is 182 Å². The molecule has 2 nitrogen and oxygen atoms in total. The molecular weight excluding hydrogens is 617 g/mol. The number of para-hydroxylation sites is 3. The first-order valence-corrected chi connectivity index (χ1v) is 19.3. The van der Waals surface area contributed by atoms with E-state index in [1.165, 1.54) is 74.2 Å². The number of imidazole rings is 1. The van der Waals surface area contributed by atoms with Crippen LogP contribution in [0.15, 0.2) is 182 Å². The first-order chi connectivity index (χ1) is 23.8. The molecule has 10 aromatic rings.